The van der Waals surface area contributed by atoms with E-state index in [1.165, 1.54) is 31.4 Å². The number of carbonyl (C=O) groups is 2. The highest BCUT2D eigenvalue weighted by molar-refractivity contribution is 5.70. The quantitative estimate of drug-likeness (QED) is 0.286. The third-order valence-corrected chi connectivity index (χ3v) is 8.05. The number of carbonyl (C=O) groups excluding carboxylic acids is 1. The normalized spacial score (nSPS) is 20.1. The minimum absolute atomic E-state index is 0.125. The van der Waals surface area contributed by atoms with Gasteiger partial charge in [0, 0.05) is 42.8 Å². The third-order valence-electron chi connectivity index (χ3n) is 8.05. The van der Waals surface area contributed by atoms with E-state index < -0.39 is 17.3 Å². The number of aromatic nitrogens is 1. The molecule has 0 radical (unpaired) electrons. The van der Waals surface area contributed by atoms with Crippen LogP contribution in [-0.2, 0) is 10.3 Å². The Bertz CT molecular complexity index is 1300. The maximum absolute atomic E-state index is 13.3. The van der Waals surface area contributed by atoms with Crippen molar-refractivity contribution in [1.82, 2.24) is 9.88 Å². The standard InChI is InChI=1S/C32H38N2O3.CH3NO2/c1-23(24-13-15-25(16-14-24)27-17-18-29(33-21-27)26-9-7-8-10-26)34-20-19-32(37-30(34)35,22-31(2,3)36)28-11-5-4-6-12-28;2-1(3)4/h4-6,11-18,21,23,26,36H,7-10,19-20,22H2,1-3H3;2H2,(H,3,4)/t23-,32-;/m0./s1. The second-order valence-electron chi connectivity index (χ2n) is 11.8. The molecule has 2 atom stereocenters. The summed E-state index contributed by atoms with van der Waals surface area (Å²) in [6.07, 6.45) is 6.40. The van der Waals surface area contributed by atoms with Crippen LogP contribution in [0.1, 0.15) is 88.1 Å². The molecule has 0 spiro atoms. The van der Waals surface area contributed by atoms with Crippen molar-refractivity contribution >= 4 is 12.2 Å². The number of pyridine rings is 1. The van der Waals surface area contributed by atoms with Crippen LogP contribution in [-0.4, -0.2) is 44.4 Å². The molecule has 0 bridgehead atoms. The van der Waals surface area contributed by atoms with E-state index in [4.69, 9.17) is 19.6 Å². The number of amides is 2. The van der Waals surface area contributed by atoms with Crippen LogP contribution >= 0.6 is 0 Å². The first-order valence-corrected chi connectivity index (χ1v) is 14.3. The largest absolute Gasteiger partial charge is 0.465 e. The predicted molar refractivity (Wildman–Crippen MR) is 158 cm³/mol. The first-order chi connectivity index (χ1) is 19.5. The van der Waals surface area contributed by atoms with Crippen molar-refractivity contribution < 1.29 is 24.5 Å². The molecular formula is C33H41N3O5. The Morgan fingerprint density at radius 2 is 1.68 bits per heavy atom. The van der Waals surface area contributed by atoms with Gasteiger partial charge in [0.25, 0.3) is 0 Å². The van der Waals surface area contributed by atoms with Gasteiger partial charge in [-0.2, -0.15) is 0 Å². The Morgan fingerprint density at radius 3 is 2.22 bits per heavy atom. The Kier molecular flexibility index (Phi) is 9.33. The summed E-state index contributed by atoms with van der Waals surface area (Å²) in [5, 5.41) is 17.8. The fourth-order valence-corrected chi connectivity index (χ4v) is 6.06. The van der Waals surface area contributed by atoms with Gasteiger partial charge in [0.05, 0.1) is 11.6 Å². The average Bonchev–Trinajstić information content (AvgIpc) is 3.48. The summed E-state index contributed by atoms with van der Waals surface area (Å²) in [6, 6.07) is 22.4. The van der Waals surface area contributed by atoms with Crippen LogP contribution in [0, 0.1) is 0 Å². The van der Waals surface area contributed by atoms with Crippen LogP contribution in [0.25, 0.3) is 11.1 Å². The summed E-state index contributed by atoms with van der Waals surface area (Å²) in [7, 11) is 0. The number of primary amides is 1. The van der Waals surface area contributed by atoms with Gasteiger partial charge in [0.1, 0.15) is 5.60 Å². The van der Waals surface area contributed by atoms with Crippen LogP contribution < -0.4 is 5.73 Å². The second-order valence-corrected chi connectivity index (χ2v) is 11.8. The summed E-state index contributed by atoms with van der Waals surface area (Å²) in [4.78, 5) is 28.6. The molecule has 8 heteroatoms. The maximum Gasteiger partial charge on any atom is 0.411 e. The highest BCUT2D eigenvalue weighted by atomic mass is 16.6. The van der Waals surface area contributed by atoms with Gasteiger partial charge in [-0.05, 0) is 56.4 Å². The first-order valence-electron chi connectivity index (χ1n) is 14.3. The molecule has 3 aromatic rings. The predicted octanol–water partition coefficient (Wildman–Crippen LogP) is 6.99. The molecule has 1 saturated carbocycles. The SMILES string of the molecule is C[C@@H](c1ccc(-c2ccc(C3CCCC3)nc2)cc1)N1CC[C@](CC(C)(C)O)(c2ccccc2)OC1=O.NC(=O)O. The topological polar surface area (TPSA) is 126 Å². The van der Waals surface area contributed by atoms with E-state index in [2.05, 4.69) is 42.1 Å². The van der Waals surface area contributed by atoms with Gasteiger partial charge in [-0.25, -0.2) is 9.59 Å². The molecular weight excluding hydrogens is 518 g/mol. The lowest BCUT2D eigenvalue weighted by molar-refractivity contribution is -0.101. The number of nitrogens with two attached hydrogens (primary N) is 1. The lowest BCUT2D eigenvalue weighted by atomic mass is 9.80. The van der Waals surface area contributed by atoms with E-state index in [1.807, 2.05) is 43.5 Å². The van der Waals surface area contributed by atoms with Crippen LogP contribution in [0.4, 0.5) is 9.59 Å². The number of cyclic esters (lactones) is 1. The maximum atomic E-state index is 13.3. The zero-order valence-corrected chi connectivity index (χ0v) is 24.1. The molecule has 4 N–H and O–H groups in total. The summed E-state index contributed by atoms with van der Waals surface area (Å²) in [6.45, 7) is 6.12. The molecule has 1 aliphatic carbocycles. The molecule has 218 valence electrons. The highest BCUT2D eigenvalue weighted by Crippen LogP contribution is 2.42. The van der Waals surface area contributed by atoms with Crippen molar-refractivity contribution in [1.29, 1.82) is 0 Å². The van der Waals surface area contributed by atoms with E-state index >= 15 is 0 Å². The summed E-state index contributed by atoms with van der Waals surface area (Å²) >= 11 is 0. The number of ether oxygens (including phenoxy) is 1. The smallest absolute Gasteiger partial charge is 0.411 e. The van der Waals surface area contributed by atoms with Crippen molar-refractivity contribution in [2.75, 3.05) is 6.54 Å². The van der Waals surface area contributed by atoms with Crippen molar-refractivity contribution in [3.63, 3.8) is 0 Å². The van der Waals surface area contributed by atoms with Crippen LogP contribution in [0.2, 0.25) is 0 Å². The van der Waals surface area contributed by atoms with Crippen molar-refractivity contribution in [2.24, 2.45) is 5.73 Å². The Hall–Kier alpha value is -3.91. The minimum Gasteiger partial charge on any atom is -0.465 e. The minimum atomic E-state index is -1.33. The van der Waals surface area contributed by atoms with Gasteiger partial charge < -0.3 is 25.6 Å². The van der Waals surface area contributed by atoms with Crippen LogP contribution in [0.5, 0.6) is 0 Å². The van der Waals surface area contributed by atoms with Crippen LogP contribution in [0.3, 0.4) is 0 Å². The molecule has 0 unspecified atom stereocenters. The zero-order valence-electron chi connectivity index (χ0n) is 24.1. The molecule has 1 aromatic heterocycles. The monoisotopic (exact) mass is 559 g/mol. The Labute approximate surface area is 242 Å². The number of hydrogen-bond donors (Lipinski definition) is 3. The number of aliphatic hydroxyl groups is 1. The van der Waals surface area contributed by atoms with Gasteiger partial charge in [0.15, 0.2) is 0 Å². The van der Waals surface area contributed by atoms with Crippen molar-refractivity contribution in [3.05, 3.63) is 89.7 Å². The van der Waals surface area contributed by atoms with Gasteiger partial charge >= 0.3 is 12.2 Å². The zero-order chi connectivity index (χ0) is 29.6. The lowest BCUT2D eigenvalue weighted by Gasteiger charge is -2.45. The van der Waals surface area contributed by atoms with E-state index in [1.54, 1.807) is 18.7 Å². The molecule has 2 fully saturated rings. The van der Waals surface area contributed by atoms with E-state index in [0.717, 1.165) is 22.3 Å². The molecule has 5 rings (SSSR count). The van der Waals surface area contributed by atoms with Gasteiger partial charge in [0.2, 0.25) is 0 Å². The molecule has 1 saturated heterocycles. The molecule has 2 amide bonds. The summed E-state index contributed by atoms with van der Waals surface area (Å²) in [5.74, 6) is 0.616. The molecule has 8 nitrogen and oxygen atoms in total. The van der Waals surface area contributed by atoms with Crippen molar-refractivity contribution in [2.45, 2.75) is 82.5 Å². The first kappa shape index (κ1) is 30.1. The molecule has 1 aliphatic heterocycles. The summed E-state index contributed by atoms with van der Waals surface area (Å²) in [5.41, 5.74) is 7.65. The summed E-state index contributed by atoms with van der Waals surface area (Å²) < 4.78 is 6.16. The van der Waals surface area contributed by atoms with E-state index in [9.17, 15) is 9.90 Å². The Balaban J connectivity index is 0.000000909. The van der Waals surface area contributed by atoms with Gasteiger partial charge in [-0.1, -0.05) is 73.5 Å². The number of nitrogens with zero attached hydrogens (tertiary/aromatic N) is 2. The average molecular weight is 560 g/mol. The van der Waals surface area contributed by atoms with Crippen LogP contribution in [0.15, 0.2) is 72.9 Å². The second kappa shape index (κ2) is 12.7. The Morgan fingerprint density at radius 1 is 1.07 bits per heavy atom. The molecule has 41 heavy (non-hydrogen) atoms. The number of hydrogen-bond acceptors (Lipinski definition) is 5. The number of benzene rings is 2. The molecule has 2 aromatic carbocycles. The third kappa shape index (κ3) is 7.64. The van der Waals surface area contributed by atoms with E-state index in [0.29, 0.717) is 25.3 Å². The fraction of sp³-hybridized carbons (Fsp3) is 0.424. The van der Waals surface area contributed by atoms with Crippen molar-refractivity contribution in [3.8, 4) is 11.1 Å². The van der Waals surface area contributed by atoms with Gasteiger partial charge in [-0.3, -0.25) is 4.98 Å². The molecule has 2 heterocycles. The highest BCUT2D eigenvalue weighted by Gasteiger charge is 2.46. The molecule has 2 aliphatic rings. The fourth-order valence-electron chi connectivity index (χ4n) is 6.06. The van der Waals surface area contributed by atoms with Gasteiger partial charge in [-0.15, -0.1) is 0 Å². The number of rotatable bonds is 7. The lowest BCUT2D eigenvalue weighted by Crippen LogP contribution is -2.51. The number of carboxylic acid groups (broad SMARTS) is 1. The van der Waals surface area contributed by atoms with E-state index in [-0.39, 0.29) is 12.1 Å².